The molecule has 0 fully saturated rings. The molecule has 0 spiro atoms. The van der Waals surface area contributed by atoms with Gasteiger partial charge in [0, 0.05) is 25.2 Å². The van der Waals surface area contributed by atoms with Crippen molar-refractivity contribution in [3.05, 3.63) is 28.8 Å². The minimum atomic E-state index is -0.536. The lowest BCUT2D eigenvalue weighted by Crippen LogP contribution is -2.49. The molecule has 6 heteroatoms. The summed E-state index contributed by atoms with van der Waals surface area (Å²) >= 11 is 0. The van der Waals surface area contributed by atoms with E-state index in [0.29, 0.717) is 0 Å². The predicted molar refractivity (Wildman–Crippen MR) is 106 cm³/mol. The molecule has 1 unspecified atom stereocenters. The first kappa shape index (κ1) is 21.8. The number of hydrogen-bond donors (Lipinski definition) is 0. The molecule has 1 atom stereocenters. The molecule has 0 aromatic heterocycles. The minimum Gasteiger partial charge on any atom is -0.460 e. The quantitative estimate of drug-likeness (QED) is 0.266. The van der Waals surface area contributed by atoms with Crippen LogP contribution in [0.15, 0.2) is 17.2 Å². The van der Waals surface area contributed by atoms with Gasteiger partial charge in [-0.1, -0.05) is 31.5 Å². The molecule has 26 heavy (non-hydrogen) atoms. The normalized spacial score (nSPS) is 13.9. The SMILES string of the molecule is CCOC(=O)C(=N[N+](C)(C(C)=O)c1c(CC)cc(C)cc1CC)N(C)C. The van der Waals surface area contributed by atoms with Crippen LogP contribution in [0.2, 0.25) is 0 Å². The molecule has 0 saturated carbocycles. The van der Waals surface area contributed by atoms with Crippen LogP contribution in [0.4, 0.5) is 5.69 Å². The summed E-state index contributed by atoms with van der Waals surface area (Å²) in [7, 11) is 5.17. The monoisotopic (exact) mass is 362 g/mol. The van der Waals surface area contributed by atoms with E-state index < -0.39 is 5.97 Å². The van der Waals surface area contributed by atoms with Crippen LogP contribution in [-0.4, -0.2) is 50.4 Å². The van der Waals surface area contributed by atoms with Crippen LogP contribution in [0, 0.1) is 6.92 Å². The summed E-state index contributed by atoms with van der Waals surface area (Å²) in [6.45, 7) is 9.66. The van der Waals surface area contributed by atoms with Crippen LogP contribution in [0.3, 0.4) is 0 Å². The molecular formula is C20H32N3O3+. The number of nitrogens with zero attached hydrogens (tertiary/aromatic N) is 3. The Kier molecular flexibility index (Phi) is 7.51. The predicted octanol–water partition coefficient (Wildman–Crippen LogP) is 3.04. The molecule has 1 amide bonds. The summed E-state index contributed by atoms with van der Waals surface area (Å²) in [5.74, 6) is -0.581. The van der Waals surface area contributed by atoms with Crippen molar-refractivity contribution in [1.82, 2.24) is 9.49 Å². The second-order valence-electron chi connectivity index (χ2n) is 6.66. The molecule has 6 nitrogen and oxygen atoms in total. The first-order valence-corrected chi connectivity index (χ1v) is 9.07. The minimum absolute atomic E-state index is 0.120. The number of carbonyl (C=O) groups excluding carboxylic acids is 2. The van der Waals surface area contributed by atoms with Crippen molar-refractivity contribution in [2.24, 2.45) is 5.10 Å². The Morgan fingerprint density at radius 2 is 1.62 bits per heavy atom. The molecule has 144 valence electrons. The topological polar surface area (TPSA) is 59.0 Å². The van der Waals surface area contributed by atoms with Gasteiger partial charge in [-0.25, -0.2) is 9.59 Å². The number of aryl methyl sites for hydroxylation is 3. The lowest BCUT2D eigenvalue weighted by Gasteiger charge is -2.29. The van der Waals surface area contributed by atoms with Gasteiger partial charge >= 0.3 is 11.9 Å². The van der Waals surface area contributed by atoms with Gasteiger partial charge in [0.25, 0.3) is 5.84 Å². The van der Waals surface area contributed by atoms with Gasteiger partial charge in [-0.2, -0.15) is 0 Å². The number of amidine groups is 1. The van der Waals surface area contributed by atoms with Crippen molar-refractivity contribution in [2.45, 2.75) is 47.5 Å². The van der Waals surface area contributed by atoms with Crippen molar-refractivity contribution < 1.29 is 14.3 Å². The number of quaternary nitrogens is 1. The molecule has 0 radical (unpaired) electrons. The third-order valence-electron chi connectivity index (χ3n) is 4.40. The Labute approximate surface area is 157 Å². The molecule has 0 saturated heterocycles. The Morgan fingerprint density at radius 1 is 1.12 bits per heavy atom. The molecule has 0 N–H and O–H groups in total. The standard InChI is InChI=1S/C20H32N3O3/c1-9-16-12-14(4)13-17(10-2)18(16)23(8,15(5)24)21-19(22(6)7)20(25)26-11-3/h12-13H,9-11H2,1-8H3/q+1. The lowest BCUT2D eigenvalue weighted by atomic mass is 9.98. The largest absolute Gasteiger partial charge is 0.460 e. The number of rotatable bonds is 5. The summed E-state index contributed by atoms with van der Waals surface area (Å²) in [5, 5.41) is 4.60. The lowest BCUT2D eigenvalue weighted by molar-refractivity contribution is -0.135. The van der Waals surface area contributed by atoms with Gasteiger partial charge in [0.15, 0.2) is 5.69 Å². The Balaban J connectivity index is 3.78. The zero-order chi connectivity index (χ0) is 20.1. The second-order valence-corrected chi connectivity index (χ2v) is 6.66. The van der Waals surface area contributed by atoms with Gasteiger partial charge in [-0.05, 0) is 31.8 Å². The van der Waals surface area contributed by atoms with Crippen LogP contribution in [-0.2, 0) is 27.2 Å². The van der Waals surface area contributed by atoms with Crippen LogP contribution in [0.5, 0.6) is 0 Å². The molecule has 0 heterocycles. The first-order chi connectivity index (χ1) is 12.1. The van der Waals surface area contributed by atoms with Crippen LogP contribution in [0.25, 0.3) is 0 Å². The van der Waals surface area contributed by atoms with E-state index in [1.54, 1.807) is 33.0 Å². The van der Waals surface area contributed by atoms with E-state index in [-0.39, 0.29) is 22.9 Å². The number of hydrogen-bond acceptors (Lipinski definition) is 4. The number of likely N-dealkylation sites (N-methyl/N-ethyl adjacent to an activating group) is 1. The fraction of sp³-hybridized carbons (Fsp3) is 0.550. The van der Waals surface area contributed by atoms with Gasteiger partial charge in [-0.15, -0.1) is 4.59 Å². The average Bonchev–Trinajstić information content (AvgIpc) is 2.57. The molecule has 1 aromatic rings. The van der Waals surface area contributed by atoms with E-state index in [2.05, 4.69) is 31.1 Å². The first-order valence-electron chi connectivity index (χ1n) is 9.07. The maximum absolute atomic E-state index is 12.7. The summed E-state index contributed by atoms with van der Waals surface area (Å²) in [6, 6.07) is 4.17. The van der Waals surface area contributed by atoms with Crippen molar-refractivity contribution >= 4 is 23.4 Å². The van der Waals surface area contributed by atoms with E-state index in [1.165, 1.54) is 6.92 Å². The van der Waals surface area contributed by atoms with Gasteiger partial charge in [0.2, 0.25) is 0 Å². The van der Waals surface area contributed by atoms with E-state index >= 15 is 0 Å². The van der Waals surface area contributed by atoms with Crippen LogP contribution >= 0.6 is 0 Å². The highest BCUT2D eigenvalue weighted by molar-refractivity contribution is 6.35. The highest BCUT2D eigenvalue weighted by Gasteiger charge is 2.38. The summed E-state index contributed by atoms with van der Waals surface area (Å²) < 4.78 is 4.81. The smallest absolute Gasteiger partial charge is 0.379 e. The van der Waals surface area contributed by atoms with E-state index in [4.69, 9.17) is 4.74 Å². The highest BCUT2D eigenvalue weighted by atomic mass is 16.5. The van der Waals surface area contributed by atoms with E-state index in [0.717, 1.165) is 35.2 Å². The molecule has 0 bridgehead atoms. The Bertz CT molecular complexity index is 685. The molecule has 0 aliphatic rings. The van der Waals surface area contributed by atoms with Gasteiger partial charge in [0.05, 0.1) is 13.5 Å². The van der Waals surface area contributed by atoms with Crippen molar-refractivity contribution in [3.63, 3.8) is 0 Å². The van der Waals surface area contributed by atoms with E-state index in [9.17, 15) is 9.59 Å². The number of carbonyl (C=O) groups is 2. The van der Waals surface area contributed by atoms with Crippen molar-refractivity contribution in [2.75, 3.05) is 27.7 Å². The fourth-order valence-corrected chi connectivity index (χ4v) is 3.01. The number of benzene rings is 1. The number of ether oxygens (including phenoxy) is 1. The number of esters is 1. The van der Waals surface area contributed by atoms with Crippen molar-refractivity contribution in [1.29, 1.82) is 0 Å². The third-order valence-corrected chi connectivity index (χ3v) is 4.40. The number of amides is 1. The molecular weight excluding hydrogens is 330 g/mol. The highest BCUT2D eigenvalue weighted by Crippen LogP contribution is 2.34. The summed E-state index contributed by atoms with van der Waals surface area (Å²) in [4.78, 5) is 26.7. The zero-order valence-electron chi connectivity index (χ0n) is 17.3. The molecule has 1 aromatic carbocycles. The Hall–Kier alpha value is -2.21. The Morgan fingerprint density at radius 3 is 1.96 bits per heavy atom. The zero-order valence-corrected chi connectivity index (χ0v) is 17.3. The van der Waals surface area contributed by atoms with Gasteiger partial charge < -0.3 is 9.64 Å². The van der Waals surface area contributed by atoms with Crippen LogP contribution < -0.4 is 4.59 Å². The van der Waals surface area contributed by atoms with Gasteiger partial charge in [0.1, 0.15) is 7.05 Å². The summed E-state index contributed by atoms with van der Waals surface area (Å²) in [5.41, 5.74) is 4.12. The van der Waals surface area contributed by atoms with E-state index in [1.807, 2.05) is 6.92 Å². The summed E-state index contributed by atoms with van der Waals surface area (Å²) in [6.07, 6.45) is 1.55. The third kappa shape index (κ3) is 4.49. The average molecular weight is 362 g/mol. The molecule has 0 aliphatic heterocycles. The molecule has 0 aliphatic carbocycles. The maximum atomic E-state index is 12.7. The molecule has 1 rings (SSSR count). The maximum Gasteiger partial charge on any atom is 0.379 e. The van der Waals surface area contributed by atoms with Gasteiger partial charge in [-0.3, -0.25) is 0 Å². The van der Waals surface area contributed by atoms with Crippen LogP contribution in [0.1, 0.15) is 44.4 Å². The second kappa shape index (κ2) is 8.94. The fourth-order valence-electron chi connectivity index (χ4n) is 3.01. The van der Waals surface area contributed by atoms with Crippen molar-refractivity contribution in [3.8, 4) is 0 Å².